The van der Waals surface area contributed by atoms with Crippen molar-refractivity contribution in [1.82, 2.24) is 4.57 Å². The van der Waals surface area contributed by atoms with Crippen LogP contribution in [0.2, 0.25) is 0 Å². The lowest BCUT2D eigenvalue weighted by Gasteiger charge is -2.08. The molecular formula is C21H25N2+. The van der Waals surface area contributed by atoms with Gasteiger partial charge in [0.05, 0.1) is 18.2 Å². The molecule has 3 aromatic rings. The summed E-state index contributed by atoms with van der Waals surface area (Å²) in [5.74, 6) is 1.30. The fourth-order valence-electron chi connectivity index (χ4n) is 3.04. The van der Waals surface area contributed by atoms with Crippen LogP contribution in [0.4, 0.5) is 0 Å². The SMILES string of the molecule is CC(C)n1cc[n+](CCCc2ccccc2)c1-c1ccccc1. The topological polar surface area (TPSA) is 8.81 Å². The average Bonchev–Trinajstić information content (AvgIpc) is 3.01. The molecule has 23 heavy (non-hydrogen) atoms. The molecule has 0 saturated carbocycles. The normalized spacial score (nSPS) is 11.1. The van der Waals surface area contributed by atoms with Gasteiger partial charge in [0.1, 0.15) is 12.4 Å². The Kier molecular flexibility index (Phi) is 4.92. The zero-order chi connectivity index (χ0) is 16.1. The van der Waals surface area contributed by atoms with Crippen LogP contribution in [0, 0.1) is 0 Å². The lowest BCUT2D eigenvalue weighted by Crippen LogP contribution is -2.35. The molecule has 0 aliphatic heterocycles. The van der Waals surface area contributed by atoms with Crippen LogP contribution < -0.4 is 4.57 Å². The first-order valence-electron chi connectivity index (χ1n) is 8.45. The molecule has 0 fully saturated rings. The molecule has 0 aliphatic carbocycles. The molecule has 0 amide bonds. The number of imidazole rings is 1. The van der Waals surface area contributed by atoms with Crippen LogP contribution in [0.3, 0.4) is 0 Å². The van der Waals surface area contributed by atoms with Crippen molar-refractivity contribution < 1.29 is 4.57 Å². The summed E-state index contributed by atoms with van der Waals surface area (Å²) in [6.45, 7) is 5.51. The predicted molar refractivity (Wildman–Crippen MR) is 95.2 cm³/mol. The summed E-state index contributed by atoms with van der Waals surface area (Å²) >= 11 is 0. The molecule has 0 bridgehead atoms. The fourth-order valence-corrected chi connectivity index (χ4v) is 3.04. The molecule has 0 unspecified atom stereocenters. The second-order valence-electron chi connectivity index (χ2n) is 6.27. The standard InChI is InChI=1S/C21H25N2/c1-18(2)23-17-16-22(21(23)20-13-7-4-8-14-20)15-9-12-19-10-5-3-6-11-19/h3-8,10-11,13-14,16-18H,9,12,15H2,1-2H3/q+1. The van der Waals surface area contributed by atoms with Gasteiger partial charge in [-0.1, -0.05) is 48.5 Å². The Morgan fingerprint density at radius 1 is 0.913 bits per heavy atom. The zero-order valence-corrected chi connectivity index (χ0v) is 14.0. The molecule has 2 aromatic carbocycles. The molecule has 0 radical (unpaired) electrons. The number of nitrogens with zero attached hydrogens (tertiary/aromatic N) is 2. The van der Waals surface area contributed by atoms with Crippen molar-refractivity contribution in [3.8, 4) is 11.4 Å². The van der Waals surface area contributed by atoms with Crippen LogP contribution in [0.25, 0.3) is 11.4 Å². The summed E-state index contributed by atoms with van der Waals surface area (Å²) in [7, 11) is 0. The highest BCUT2D eigenvalue weighted by molar-refractivity contribution is 5.52. The van der Waals surface area contributed by atoms with Gasteiger partial charge in [0.2, 0.25) is 0 Å². The summed E-state index contributed by atoms with van der Waals surface area (Å²) < 4.78 is 4.75. The molecule has 3 rings (SSSR count). The van der Waals surface area contributed by atoms with Crippen LogP contribution in [-0.4, -0.2) is 4.57 Å². The third-order valence-corrected chi connectivity index (χ3v) is 4.22. The molecule has 1 aromatic heterocycles. The van der Waals surface area contributed by atoms with Crippen LogP contribution in [0.15, 0.2) is 73.1 Å². The van der Waals surface area contributed by atoms with Gasteiger partial charge in [-0.3, -0.25) is 0 Å². The maximum atomic E-state index is 2.39. The van der Waals surface area contributed by atoms with E-state index >= 15 is 0 Å². The quantitative estimate of drug-likeness (QED) is 0.586. The van der Waals surface area contributed by atoms with Crippen molar-refractivity contribution in [2.24, 2.45) is 0 Å². The van der Waals surface area contributed by atoms with E-state index in [-0.39, 0.29) is 0 Å². The first-order chi connectivity index (χ1) is 11.3. The summed E-state index contributed by atoms with van der Waals surface area (Å²) in [5, 5.41) is 0. The minimum absolute atomic E-state index is 0.459. The Hall–Kier alpha value is -2.35. The Morgan fingerprint density at radius 2 is 1.57 bits per heavy atom. The van der Waals surface area contributed by atoms with E-state index in [4.69, 9.17) is 0 Å². The Bertz CT molecular complexity index is 727. The monoisotopic (exact) mass is 305 g/mol. The molecule has 0 saturated heterocycles. The van der Waals surface area contributed by atoms with Gasteiger partial charge >= 0.3 is 0 Å². The lowest BCUT2D eigenvalue weighted by molar-refractivity contribution is -0.686. The van der Waals surface area contributed by atoms with Gasteiger partial charge in [0.25, 0.3) is 5.82 Å². The maximum absolute atomic E-state index is 2.39. The third-order valence-electron chi connectivity index (χ3n) is 4.22. The average molecular weight is 305 g/mol. The minimum Gasteiger partial charge on any atom is -0.230 e. The van der Waals surface area contributed by atoms with Crippen molar-refractivity contribution in [3.63, 3.8) is 0 Å². The van der Waals surface area contributed by atoms with Gasteiger partial charge in [-0.2, -0.15) is 0 Å². The van der Waals surface area contributed by atoms with Crippen LogP contribution in [0.5, 0.6) is 0 Å². The van der Waals surface area contributed by atoms with Crippen molar-refractivity contribution >= 4 is 0 Å². The summed E-state index contributed by atoms with van der Waals surface area (Å²) in [4.78, 5) is 0. The van der Waals surface area contributed by atoms with Crippen molar-refractivity contribution in [3.05, 3.63) is 78.6 Å². The van der Waals surface area contributed by atoms with Gasteiger partial charge in [-0.05, 0) is 44.4 Å². The van der Waals surface area contributed by atoms with E-state index in [1.165, 1.54) is 17.0 Å². The van der Waals surface area contributed by atoms with Gasteiger partial charge in [0, 0.05) is 0 Å². The lowest BCUT2D eigenvalue weighted by atomic mass is 10.1. The van der Waals surface area contributed by atoms with Crippen LogP contribution in [0.1, 0.15) is 31.9 Å². The van der Waals surface area contributed by atoms with Crippen molar-refractivity contribution in [2.45, 2.75) is 39.3 Å². The Morgan fingerprint density at radius 3 is 2.22 bits per heavy atom. The van der Waals surface area contributed by atoms with E-state index in [1.807, 2.05) is 0 Å². The molecule has 0 spiro atoms. The molecule has 2 heteroatoms. The van der Waals surface area contributed by atoms with Gasteiger partial charge in [0.15, 0.2) is 0 Å². The number of rotatable bonds is 6. The van der Waals surface area contributed by atoms with Crippen LogP contribution >= 0.6 is 0 Å². The first kappa shape index (κ1) is 15.5. The fraction of sp³-hybridized carbons (Fsp3) is 0.286. The molecule has 1 heterocycles. The van der Waals surface area contributed by atoms with Crippen LogP contribution in [-0.2, 0) is 13.0 Å². The second-order valence-corrected chi connectivity index (χ2v) is 6.27. The zero-order valence-electron chi connectivity index (χ0n) is 14.0. The van der Waals surface area contributed by atoms with Gasteiger partial charge < -0.3 is 0 Å². The van der Waals surface area contributed by atoms with E-state index in [1.54, 1.807) is 0 Å². The number of benzene rings is 2. The summed E-state index contributed by atoms with van der Waals surface area (Å²) in [6.07, 6.45) is 6.69. The van der Waals surface area contributed by atoms with Gasteiger partial charge in [-0.25, -0.2) is 9.13 Å². The van der Waals surface area contributed by atoms with Crippen molar-refractivity contribution in [1.29, 1.82) is 0 Å². The van der Waals surface area contributed by atoms with E-state index < -0.39 is 0 Å². The van der Waals surface area contributed by atoms with Crippen molar-refractivity contribution in [2.75, 3.05) is 0 Å². The van der Waals surface area contributed by atoms with E-state index in [2.05, 4.69) is 96.0 Å². The van der Waals surface area contributed by atoms with E-state index in [9.17, 15) is 0 Å². The Labute approximate surface area is 139 Å². The number of hydrogen-bond donors (Lipinski definition) is 0. The summed E-state index contributed by atoms with van der Waals surface area (Å²) in [5.41, 5.74) is 2.70. The number of hydrogen-bond acceptors (Lipinski definition) is 0. The maximum Gasteiger partial charge on any atom is 0.289 e. The molecular weight excluding hydrogens is 280 g/mol. The van der Waals surface area contributed by atoms with E-state index in [0.29, 0.717) is 6.04 Å². The molecule has 2 nitrogen and oxygen atoms in total. The molecule has 118 valence electrons. The minimum atomic E-state index is 0.459. The highest BCUT2D eigenvalue weighted by Gasteiger charge is 2.20. The largest absolute Gasteiger partial charge is 0.289 e. The smallest absolute Gasteiger partial charge is 0.230 e. The number of aromatic nitrogens is 2. The third kappa shape index (κ3) is 3.70. The highest BCUT2D eigenvalue weighted by atomic mass is 15.2. The highest BCUT2D eigenvalue weighted by Crippen LogP contribution is 2.19. The second kappa shape index (κ2) is 7.28. The van der Waals surface area contributed by atoms with E-state index in [0.717, 1.165) is 19.4 Å². The number of aryl methyl sites for hydroxylation is 2. The Balaban J connectivity index is 1.79. The first-order valence-corrected chi connectivity index (χ1v) is 8.45. The van der Waals surface area contributed by atoms with Gasteiger partial charge in [-0.15, -0.1) is 0 Å². The molecule has 0 N–H and O–H groups in total. The summed E-state index contributed by atoms with van der Waals surface area (Å²) in [6, 6.07) is 21.9. The predicted octanol–water partition coefficient (Wildman–Crippen LogP) is 4.66. The molecule has 0 atom stereocenters. The molecule has 0 aliphatic rings.